The van der Waals surface area contributed by atoms with Gasteiger partial charge in [0.2, 0.25) is 17.7 Å². The molecule has 3 amide bonds. The van der Waals surface area contributed by atoms with Crippen molar-refractivity contribution in [2.45, 2.75) is 168 Å². The first-order valence-corrected chi connectivity index (χ1v) is 22.5. The van der Waals surface area contributed by atoms with Crippen LogP contribution in [0.4, 0.5) is 0 Å². The quantitative estimate of drug-likeness (QED) is 0.0448. The molecule has 0 aliphatic carbocycles. The summed E-state index contributed by atoms with van der Waals surface area (Å²) in [5.74, 6) is -2.47. The number of hydrogen-bond donors (Lipinski definition) is 18. The monoisotopic (exact) mass is 1030 g/mol. The first kappa shape index (κ1) is 59.0. The Kier molecular flexibility index (Phi) is 22.1. The average Bonchev–Trinajstić information content (AvgIpc) is 3.28. The Hall–Kier alpha value is -2.60. The SMILES string of the molecule is CC(=O)N[C@H]1[C@H](OC[C@@H](O)[C@H](O)[C@H](O[C@@H]2O[C@H](CO)[C@H](O[C@H]3O[C@H](CO)[C@H](O)[C@H](O[C@@H]4O[C@H](CO)[C@H](O)[C@H](O)[C@H]4O)[C@H]3NC(C)=O)[C@H](O)[C@H]2O)[C@H](CO)NC(C)=O)O[C@H](COS(=O)(=O)O)[C@@H](O)[C@@H]1O. The molecule has 0 unspecified atom stereocenters. The normalized spacial score (nSPS) is 40.5. The van der Waals surface area contributed by atoms with Crippen molar-refractivity contribution >= 4 is 28.1 Å². The van der Waals surface area contributed by atoms with Crippen LogP contribution in [0, 0.1) is 0 Å². The van der Waals surface area contributed by atoms with Crippen LogP contribution in [0.1, 0.15) is 20.8 Å². The first-order valence-electron chi connectivity index (χ1n) is 21.2. The first-order chi connectivity index (χ1) is 32.3. The predicted molar refractivity (Wildman–Crippen MR) is 214 cm³/mol. The van der Waals surface area contributed by atoms with Gasteiger partial charge in [-0.05, 0) is 0 Å². The fourth-order valence-corrected chi connectivity index (χ4v) is 8.19. The van der Waals surface area contributed by atoms with Gasteiger partial charge in [-0.25, -0.2) is 4.18 Å². The summed E-state index contributed by atoms with van der Waals surface area (Å²) in [5, 5.41) is 156. The highest BCUT2D eigenvalue weighted by atomic mass is 32.3. The highest BCUT2D eigenvalue weighted by Gasteiger charge is 2.55. The van der Waals surface area contributed by atoms with Crippen LogP contribution >= 0.6 is 0 Å². The van der Waals surface area contributed by atoms with E-state index in [1.165, 1.54) is 0 Å². The second-order valence-corrected chi connectivity index (χ2v) is 17.6. The van der Waals surface area contributed by atoms with Crippen molar-refractivity contribution in [1.29, 1.82) is 0 Å². The number of carbonyl (C=O) groups is 3. The van der Waals surface area contributed by atoms with Crippen molar-refractivity contribution < 1.29 is 141 Å². The molecule has 4 rings (SSSR count). The van der Waals surface area contributed by atoms with Gasteiger partial charge in [0.15, 0.2) is 25.2 Å². The van der Waals surface area contributed by atoms with Crippen molar-refractivity contribution in [2.75, 3.05) is 39.6 Å². The molecular formula is C36H63N3O29S. The summed E-state index contributed by atoms with van der Waals surface area (Å²) in [6.07, 6.45) is -40.9. The third-order valence-electron chi connectivity index (χ3n) is 11.4. The summed E-state index contributed by atoms with van der Waals surface area (Å²) in [5.41, 5.74) is 0. The van der Waals surface area contributed by atoms with Gasteiger partial charge in [0, 0.05) is 20.8 Å². The smallest absolute Gasteiger partial charge is 0.394 e. The lowest BCUT2D eigenvalue weighted by molar-refractivity contribution is -0.370. The molecule has 0 saturated carbocycles. The summed E-state index contributed by atoms with van der Waals surface area (Å²) in [6, 6.07) is -5.02. The Morgan fingerprint density at radius 2 is 1.09 bits per heavy atom. The van der Waals surface area contributed by atoms with Crippen LogP contribution in [0.2, 0.25) is 0 Å². The summed E-state index contributed by atoms with van der Waals surface area (Å²) >= 11 is 0. The number of carbonyl (C=O) groups excluding carboxylic acids is 3. The van der Waals surface area contributed by atoms with Gasteiger partial charge in [0.25, 0.3) is 0 Å². The molecule has 4 fully saturated rings. The molecule has 24 atom stereocenters. The molecule has 32 nitrogen and oxygen atoms in total. The minimum Gasteiger partial charge on any atom is -0.394 e. The molecule has 4 heterocycles. The number of aliphatic hydroxyl groups is 14. The Labute approximate surface area is 392 Å². The fraction of sp³-hybridized carbons (Fsp3) is 0.917. The number of rotatable bonds is 22. The summed E-state index contributed by atoms with van der Waals surface area (Å²) in [4.78, 5) is 36.6. The average molecular weight is 1030 g/mol. The summed E-state index contributed by atoms with van der Waals surface area (Å²) in [7, 11) is -5.09. The molecule has 4 aliphatic rings. The molecule has 0 aromatic heterocycles. The van der Waals surface area contributed by atoms with Crippen LogP contribution in [-0.4, -0.2) is 289 Å². The van der Waals surface area contributed by atoms with Crippen LogP contribution in [0.3, 0.4) is 0 Å². The number of nitrogens with one attached hydrogen (secondary N) is 3. The molecule has 0 aromatic carbocycles. The molecule has 0 radical (unpaired) electrons. The van der Waals surface area contributed by atoms with E-state index in [4.69, 9.17) is 42.4 Å². The lowest BCUT2D eigenvalue weighted by Crippen LogP contribution is -2.70. The van der Waals surface area contributed by atoms with Crippen molar-refractivity contribution in [1.82, 2.24) is 16.0 Å². The number of hydrogen-bond acceptors (Lipinski definition) is 28. The third-order valence-corrected chi connectivity index (χ3v) is 11.8. The Morgan fingerprint density at radius 1 is 0.580 bits per heavy atom. The molecule has 33 heteroatoms. The maximum absolute atomic E-state index is 12.5. The molecule has 4 aliphatic heterocycles. The van der Waals surface area contributed by atoms with Crippen molar-refractivity contribution in [3.63, 3.8) is 0 Å². The van der Waals surface area contributed by atoms with Gasteiger partial charge >= 0.3 is 10.4 Å². The molecule has 0 aromatic rings. The Bertz CT molecular complexity index is 1760. The molecule has 18 N–H and O–H groups in total. The third kappa shape index (κ3) is 15.0. The minimum atomic E-state index is -5.09. The molecule has 0 spiro atoms. The van der Waals surface area contributed by atoms with E-state index >= 15 is 0 Å². The lowest BCUT2D eigenvalue weighted by Gasteiger charge is -2.49. The zero-order chi connectivity index (χ0) is 51.8. The second kappa shape index (κ2) is 25.9. The van der Waals surface area contributed by atoms with Gasteiger partial charge in [-0.15, -0.1) is 0 Å². The van der Waals surface area contributed by atoms with Gasteiger partial charge in [-0.2, -0.15) is 8.42 Å². The predicted octanol–water partition coefficient (Wildman–Crippen LogP) is -12.0. The molecule has 69 heavy (non-hydrogen) atoms. The highest BCUT2D eigenvalue weighted by Crippen LogP contribution is 2.34. The van der Waals surface area contributed by atoms with E-state index in [9.17, 15) is 94.3 Å². The number of amides is 3. The zero-order valence-electron chi connectivity index (χ0n) is 36.9. The van der Waals surface area contributed by atoms with Crippen molar-refractivity contribution in [3.8, 4) is 0 Å². The highest BCUT2D eigenvalue weighted by molar-refractivity contribution is 7.80. The van der Waals surface area contributed by atoms with E-state index in [2.05, 4.69) is 20.1 Å². The fourth-order valence-electron chi connectivity index (χ4n) is 7.88. The molecule has 4 saturated heterocycles. The standard InChI is InChI=1S/C36H63N3O29S/c1-10(44)37-13(4-40)30(21(48)14(47)8-60-33-19(38-11(2)45)25(52)23(50)18(65-33)9-61-69(57,58)59)66-36-29(56)27(54)31(17(7-43)64-36)67-34-20(39-12(3)46)32(24(51)16(6-42)62-34)68-35-28(55)26(53)22(49)15(5-41)63-35/h13-36,40-43,47-56H,4-9H2,1-3H3,(H,37,44)(H,38,45)(H,39,46)(H,57,58,59)/t13-,14+,15+,16+,17+,18+,19+,20+,21-,22-,23+,24-,25+,26-,27+,28+,29+,30+,31-,32+,33+,34+,35-,36-/m0/s1. The van der Waals surface area contributed by atoms with Gasteiger partial charge in [-0.3, -0.25) is 18.9 Å². The number of ether oxygens (including phenoxy) is 8. The maximum Gasteiger partial charge on any atom is 0.397 e. The van der Waals surface area contributed by atoms with E-state index in [1.807, 2.05) is 0 Å². The van der Waals surface area contributed by atoms with Gasteiger partial charge in [-0.1, -0.05) is 0 Å². The number of aliphatic hydroxyl groups excluding tert-OH is 14. The van der Waals surface area contributed by atoms with Gasteiger partial charge in [0.1, 0.15) is 116 Å². The van der Waals surface area contributed by atoms with Crippen LogP contribution in [0.25, 0.3) is 0 Å². The Balaban J connectivity index is 1.57. The van der Waals surface area contributed by atoms with E-state index in [1.54, 1.807) is 0 Å². The molecular weight excluding hydrogens is 970 g/mol. The Morgan fingerprint density at radius 3 is 1.64 bits per heavy atom. The van der Waals surface area contributed by atoms with Crippen LogP contribution < -0.4 is 16.0 Å². The van der Waals surface area contributed by atoms with Crippen LogP contribution in [0.15, 0.2) is 0 Å². The van der Waals surface area contributed by atoms with Gasteiger partial charge < -0.3 is 125 Å². The minimum absolute atomic E-state index is 0.801. The van der Waals surface area contributed by atoms with Crippen molar-refractivity contribution in [3.05, 3.63) is 0 Å². The summed E-state index contributed by atoms with van der Waals surface area (Å²) in [6.45, 7) is -3.15. The molecule has 0 bridgehead atoms. The van der Waals surface area contributed by atoms with E-state index in [0.29, 0.717) is 0 Å². The largest absolute Gasteiger partial charge is 0.397 e. The van der Waals surface area contributed by atoms with Crippen LogP contribution in [-0.2, 0) is 66.9 Å². The second-order valence-electron chi connectivity index (χ2n) is 16.5. The maximum atomic E-state index is 12.5. The van der Waals surface area contributed by atoms with E-state index in [0.717, 1.165) is 20.8 Å². The zero-order valence-corrected chi connectivity index (χ0v) is 37.7. The van der Waals surface area contributed by atoms with Gasteiger partial charge in [0.05, 0.1) is 45.7 Å². The van der Waals surface area contributed by atoms with E-state index < -0.39 is 215 Å². The van der Waals surface area contributed by atoms with Crippen LogP contribution in [0.5, 0.6) is 0 Å². The topological polar surface area (TPSA) is 508 Å². The van der Waals surface area contributed by atoms with Crippen molar-refractivity contribution in [2.24, 2.45) is 0 Å². The van der Waals surface area contributed by atoms with E-state index in [-0.39, 0.29) is 0 Å². The lowest BCUT2D eigenvalue weighted by atomic mass is 9.94. The summed E-state index contributed by atoms with van der Waals surface area (Å²) < 4.78 is 80.7. The molecule has 402 valence electrons.